The Bertz CT molecular complexity index is 453. The predicted octanol–water partition coefficient (Wildman–Crippen LogP) is 4.95. The fourth-order valence-corrected chi connectivity index (χ4v) is 3.70. The van der Waals surface area contributed by atoms with Gasteiger partial charge in [-0.3, -0.25) is 0 Å². The molecule has 118 valence electrons. The number of nitrogens with one attached hydrogen (secondary N) is 1. The zero-order chi connectivity index (χ0) is 15.5. The molecular weight excluding hydrogens is 343 g/mol. The predicted molar refractivity (Wildman–Crippen MR) is 82.2 cm³/mol. The number of halogens is 4. The molecule has 0 saturated heterocycles. The third-order valence-electron chi connectivity index (χ3n) is 4.57. The van der Waals surface area contributed by atoms with Crippen molar-refractivity contribution in [3.63, 3.8) is 0 Å². The van der Waals surface area contributed by atoms with Gasteiger partial charge in [-0.1, -0.05) is 34.1 Å². The topological polar surface area (TPSA) is 12.0 Å². The van der Waals surface area contributed by atoms with E-state index in [-0.39, 0.29) is 18.9 Å². The lowest BCUT2D eigenvalue weighted by atomic mass is 9.77. The maximum Gasteiger partial charge on any atom is 0.391 e. The van der Waals surface area contributed by atoms with Gasteiger partial charge in [-0.2, -0.15) is 13.2 Å². The van der Waals surface area contributed by atoms with Crippen LogP contribution in [0.4, 0.5) is 13.2 Å². The van der Waals surface area contributed by atoms with E-state index in [0.29, 0.717) is 18.8 Å². The van der Waals surface area contributed by atoms with E-state index >= 15 is 0 Å². The Kier molecular flexibility index (Phi) is 5.72. The monoisotopic (exact) mass is 363 g/mol. The molecule has 1 fully saturated rings. The first-order chi connectivity index (χ1) is 9.91. The summed E-state index contributed by atoms with van der Waals surface area (Å²) < 4.78 is 39.3. The molecule has 1 N–H and O–H groups in total. The summed E-state index contributed by atoms with van der Waals surface area (Å²) in [6.07, 6.45) is -1.34. The maximum atomic E-state index is 12.7. The Morgan fingerprint density at radius 3 is 2.33 bits per heavy atom. The molecule has 0 spiro atoms. The summed E-state index contributed by atoms with van der Waals surface area (Å²) in [7, 11) is 1.90. The minimum absolute atomic E-state index is 0.234. The molecule has 0 aromatic heterocycles. The van der Waals surface area contributed by atoms with Crippen LogP contribution in [0.1, 0.15) is 31.2 Å². The van der Waals surface area contributed by atoms with Gasteiger partial charge in [0.2, 0.25) is 0 Å². The molecule has 1 aliphatic rings. The third kappa shape index (κ3) is 4.46. The Balaban J connectivity index is 1.96. The lowest BCUT2D eigenvalue weighted by Gasteiger charge is -2.34. The van der Waals surface area contributed by atoms with Crippen molar-refractivity contribution < 1.29 is 13.2 Å². The number of rotatable bonds is 4. The highest BCUT2D eigenvalue weighted by atomic mass is 79.9. The summed E-state index contributed by atoms with van der Waals surface area (Å²) in [5.41, 5.74) is 1.20. The first-order valence-corrected chi connectivity index (χ1v) is 8.18. The van der Waals surface area contributed by atoms with Crippen molar-refractivity contribution in [1.82, 2.24) is 5.32 Å². The summed E-state index contributed by atoms with van der Waals surface area (Å²) in [4.78, 5) is 0. The minimum Gasteiger partial charge on any atom is -0.316 e. The van der Waals surface area contributed by atoms with E-state index in [1.807, 2.05) is 25.2 Å². The quantitative estimate of drug-likeness (QED) is 0.797. The van der Waals surface area contributed by atoms with Gasteiger partial charge in [0.1, 0.15) is 0 Å². The van der Waals surface area contributed by atoms with Crippen molar-refractivity contribution in [2.45, 2.75) is 44.3 Å². The van der Waals surface area contributed by atoms with Gasteiger partial charge in [-0.15, -0.1) is 0 Å². The standard InChI is InChI=1S/C16H21BrF3N/c1-21-15(10-12-4-2-3-5-14(12)17)11-6-8-13(9-7-11)16(18,19)20/h2-5,11,13,15,21H,6-10H2,1H3. The van der Waals surface area contributed by atoms with Gasteiger partial charge in [-0.05, 0) is 56.7 Å². The molecule has 1 aromatic rings. The van der Waals surface area contributed by atoms with Gasteiger partial charge < -0.3 is 5.32 Å². The van der Waals surface area contributed by atoms with Crippen LogP contribution >= 0.6 is 15.9 Å². The summed E-state index contributed by atoms with van der Waals surface area (Å²) in [5, 5.41) is 3.30. The zero-order valence-corrected chi connectivity index (χ0v) is 13.7. The zero-order valence-electron chi connectivity index (χ0n) is 12.1. The van der Waals surface area contributed by atoms with Crippen molar-refractivity contribution in [2.75, 3.05) is 7.05 Å². The average molecular weight is 364 g/mol. The number of alkyl halides is 3. The average Bonchev–Trinajstić information content (AvgIpc) is 2.46. The molecule has 2 rings (SSSR count). The maximum absolute atomic E-state index is 12.7. The van der Waals surface area contributed by atoms with Crippen LogP contribution in [0.25, 0.3) is 0 Å². The van der Waals surface area contributed by atoms with Crippen LogP contribution in [0.5, 0.6) is 0 Å². The number of hydrogen-bond donors (Lipinski definition) is 1. The molecule has 0 radical (unpaired) electrons. The third-order valence-corrected chi connectivity index (χ3v) is 5.35. The van der Waals surface area contributed by atoms with Crippen molar-refractivity contribution in [3.05, 3.63) is 34.3 Å². The Morgan fingerprint density at radius 1 is 1.19 bits per heavy atom. The van der Waals surface area contributed by atoms with Crippen LogP contribution in [0.3, 0.4) is 0 Å². The summed E-state index contributed by atoms with van der Waals surface area (Å²) in [5.74, 6) is -0.782. The first-order valence-electron chi connectivity index (χ1n) is 7.39. The van der Waals surface area contributed by atoms with Gasteiger partial charge in [0.25, 0.3) is 0 Å². The van der Waals surface area contributed by atoms with E-state index < -0.39 is 12.1 Å². The Hall–Kier alpha value is -0.550. The molecule has 21 heavy (non-hydrogen) atoms. The second-order valence-electron chi connectivity index (χ2n) is 5.84. The van der Waals surface area contributed by atoms with Crippen LogP contribution in [0, 0.1) is 11.8 Å². The molecule has 1 aromatic carbocycles. The largest absolute Gasteiger partial charge is 0.391 e. The van der Waals surface area contributed by atoms with Gasteiger partial charge in [-0.25, -0.2) is 0 Å². The number of likely N-dealkylation sites (N-methyl/N-ethyl adjacent to an activating group) is 1. The lowest BCUT2D eigenvalue weighted by Crippen LogP contribution is -2.39. The molecule has 1 nitrogen and oxygen atoms in total. The fourth-order valence-electron chi connectivity index (χ4n) is 3.25. The van der Waals surface area contributed by atoms with Crippen LogP contribution in [-0.4, -0.2) is 19.3 Å². The van der Waals surface area contributed by atoms with E-state index in [1.165, 1.54) is 5.56 Å². The summed E-state index contributed by atoms with van der Waals surface area (Å²) in [6.45, 7) is 0. The second-order valence-corrected chi connectivity index (χ2v) is 6.70. The van der Waals surface area contributed by atoms with Crippen molar-refractivity contribution >= 4 is 15.9 Å². The SMILES string of the molecule is CNC(Cc1ccccc1Br)C1CCC(C(F)(F)F)CC1. The second kappa shape index (κ2) is 7.14. The number of benzene rings is 1. The molecule has 0 amide bonds. The minimum atomic E-state index is -4.03. The highest BCUT2D eigenvalue weighted by molar-refractivity contribution is 9.10. The van der Waals surface area contributed by atoms with Crippen LogP contribution in [0.15, 0.2) is 28.7 Å². The van der Waals surface area contributed by atoms with Crippen LogP contribution in [-0.2, 0) is 6.42 Å². The van der Waals surface area contributed by atoms with Crippen LogP contribution in [0.2, 0.25) is 0 Å². The molecular formula is C16H21BrF3N. The van der Waals surface area contributed by atoms with E-state index in [4.69, 9.17) is 0 Å². The molecule has 1 unspecified atom stereocenters. The summed E-state index contributed by atoms with van der Waals surface area (Å²) in [6, 6.07) is 8.26. The van der Waals surface area contributed by atoms with E-state index in [9.17, 15) is 13.2 Å². The Morgan fingerprint density at radius 2 is 1.81 bits per heavy atom. The highest BCUT2D eigenvalue weighted by Gasteiger charge is 2.42. The molecule has 0 bridgehead atoms. The molecule has 1 aliphatic carbocycles. The Labute approximate surface area is 132 Å². The summed E-state index contributed by atoms with van der Waals surface area (Å²) >= 11 is 3.54. The molecule has 1 atom stereocenters. The molecule has 5 heteroatoms. The van der Waals surface area contributed by atoms with Gasteiger partial charge in [0, 0.05) is 10.5 Å². The molecule has 0 heterocycles. The van der Waals surface area contributed by atoms with E-state index in [0.717, 1.165) is 10.9 Å². The number of hydrogen-bond acceptors (Lipinski definition) is 1. The van der Waals surface area contributed by atoms with E-state index in [1.54, 1.807) is 0 Å². The fraction of sp³-hybridized carbons (Fsp3) is 0.625. The van der Waals surface area contributed by atoms with Gasteiger partial charge >= 0.3 is 6.18 Å². The normalized spacial score (nSPS) is 24.8. The first kappa shape index (κ1) is 16.8. The van der Waals surface area contributed by atoms with Crippen molar-refractivity contribution in [1.29, 1.82) is 0 Å². The lowest BCUT2D eigenvalue weighted by molar-refractivity contribution is -0.184. The smallest absolute Gasteiger partial charge is 0.316 e. The van der Waals surface area contributed by atoms with Gasteiger partial charge in [0.05, 0.1) is 5.92 Å². The van der Waals surface area contributed by atoms with Crippen LogP contribution < -0.4 is 5.32 Å². The van der Waals surface area contributed by atoms with Gasteiger partial charge in [0.15, 0.2) is 0 Å². The van der Waals surface area contributed by atoms with E-state index in [2.05, 4.69) is 27.3 Å². The molecule has 1 saturated carbocycles. The highest BCUT2D eigenvalue weighted by Crippen LogP contribution is 2.40. The van der Waals surface area contributed by atoms with Crippen molar-refractivity contribution in [2.24, 2.45) is 11.8 Å². The van der Waals surface area contributed by atoms with Crippen molar-refractivity contribution in [3.8, 4) is 0 Å². The molecule has 0 aliphatic heterocycles.